The highest BCUT2D eigenvalue weighted by atomic mass is 16.3. The topological polar surface area (TPSA) is 20.2 Å². The van der Waals surface area contributed by atoms with Gasteiger partial charge in [-0.3, -0.25) is 0 Å². The quantitative estimate of drug-likeness (QED) is 0.465. The molecule has 4 aliphatic rings. The van der Waals surface area contributed by atoms with E-state index in [9.17, 15) is 5.11 Å². The van der Waals surface area contributed by atoms with Crippen LogP contribution in [-0.2, 0) is 0 Å². The van der Waals surface area contributed by atoms with Gasteiger partial charge in [-0.25, -0.2) is 0 Å². The predicted molar refractivity (Wildman–Crippen MR) is 128 cm³/mol. The first-order valence-corrected chi connectivity index (χ1v) is 12.8. The van der Waals surface area contributed by atoms with Crippen LogP contribution in [0.3, 0.4) is 0 Å². The zero-order chi connectivity index (χ0) is 21.9. The zero-order valence-electron chi connectivity index (χ0n) is 20.8. The van der Waals surface area contributed by atoms with Crippen LogP contribution in [0.1, 0.15) is 106 Å². The van der Waals surface area contributed by atoms with Crippen LogP contribution < -0.4 is 0 Å². The standard InChI is InChI=1S/C29H46O/c1-19(2)9-8-10-20(3)22-12-13-23-21-11-14-25-27(4,5)26(30)16-18-29(25,7)24(21)15-17-28(22,23)6/h9,13,20,22,25-26,30H,8,10-12,14-18H2,1-7H3/t20-,22-,25?,26+,28-,29-/m1/s1. The Hall–Kier alpha value is -0.820. The molecule has 0 aliphatic heterocycles. The molecule has 0 amide bonds. The van der Waals surface area contributed by atoms with Crippen molar-refractivity contribution in [1.29, 1.82) is 0 Å². The number of rotatable bonds is 4. The highest BCUT2D eigenvalue weighted by Crippen LogP contribution is 2.66. The van der Waals surface area contributed by atoms with Crippen LogP contribution in [0.15, 0.2) is 34.4 Å². The highest BCUT2D eigenvalue weighted by molar-refractivity contribution is 5.49. The summed E-state index contributed by atoms with van der Waals surface area (Å²) < 4.78 is 0. The van der Waals surface area contributed by atoms with E-state index in [1.807, 2.05) is 0 Å². The van der Waals surface area contributed by atoms with E-state index in [4.69, 9.17) is 0 Å². The van der Waals surface area contributed by atoms with Gasteiger partial charge in [0.2, 0.25) is 0 Å². The molecule has 30 heavy (non-hydrogen) atoms. The summed E-state index contributed by atoms with van der Waals surface area (Å²) in [5.74, 6) is 2.22. The maximum absolute atomic E-state index is 10.7. The van der Waals surface area contributed by atoms with Gasteiger partial charge in [0.05, 0.1) is 6.10 Å². The summed E-state index contributed by atoms with van der Waals surface area (Å²) >= 11 is 0. The minimum atomic E-state index is -0.136. The molecule has 6 atom stereocenters. The number of aliphatic hydroxyl groups excluding tert-OH is 1. The molecule has 4 rings (SSSR count). The molecule has 0 aromatic heterocycles. The number of hydrogen-bond donors (Lipinski definition) is 1. The third kappa shape index (κ3) is 3.30. The van der Waals surface area contributed by atoms with Crippen LogP contribution in [0.5, 0.6) is 0 Å². The average molecular weight is 411 g/mol. The summed E-state index contributed by atoms with van der Waals surface area (Å²) in [4.78, 5) is 0. The largest absolute Gasteiger partial charge is 0.393 e. The molecule has 4 aliphatic carbocycles. The monoisotopic (exact) mass is 410 g/mol. The first-order valence-electron chi connectivity index (χ1n) is 12.8. The summed E-state index contributed by atoms with van der Waals surface area (Å²) in [5, 5.41) is 10.7. The fraction of sp³-hybridized carbons (Fsp3) is 0.793. The summed E-state index contributed by atoms with van der Waals surface area (Å²) in [6, 6.07) is 0. The fourth-order valence-corrected chi connectivity index (χ4v) is 8.41. The minimum absolute atomic E-state index is 0.0400. The Balaban J connectivity index is 1.60. The van der Waals surface area contributed by atoms with Crippen LogP contribution in [-0.4, -0.2) is 11.2 Å². The SMILES string of the molecule is CC(C)=CCC[C@@H](C)[C@H]1CC=C2C3=C(CC[C@@]21C)[C@@]1(C)CC[C@H](O)C(C)(C)C1CC3. The van der Waals surface area contributed by atoms with Gasteiger partial charge in [0.15, 0.2) is 0 Å². The normalized spacial score (nSPS) is 40.8. The number of fused-ring (bicyclic) bond motifs is 4. The lowest BCUT2D eigenvalue weighted by Crippen LogP contribution is -2.53. The molecule has 0 aromatic carbocycles. The molecule has 0 spiro atoms. The van der Waals surface area contributed by atoms with Gasteiger partial charge in [0.25, 0.3) is 0 Å². The van der Waals surface area contributed by atoms with E-state index >= 15 is 0 Å². The van der Waals surface area contributed by atoms with E-state index in [0.717, 1.165) is 18.3 Å². The van der Waals surface area contributed by atoms with Crippen LogP contribution in [0.2, 0.25) is 0 Å². The molecule has 1 heteroatoms. The number of hydrogen-bond acceptors (Lipinski definition) is 1. The lowest BCUT2D eigenvalue weighted by atomic mass is 9.46. The van der Waals surface area contributed by atoms with Crippen LogP contribution >= 0.6 is 0 Å². The third-order valence-corrected chi connectivity index (χ3v) is 10.3. The minimum Gasteiger partial charge on any atom is -0.393 e. The van der Waals surface area contributed by atoms with Gasteiger partial charge in [-0.1, -0.05) is 57.9 Å². The summed E-state index contributed by atoms with van der Waals surface area (Å²) in [6.45, 7) is 16.8. The zero-order valence-corrected chi connectivity index (χ0v) is 20.8. The van der Waals surface area contributed by atoms with E-state index < -0.39 is 0 Å². The smallest absolute Gasteiger partial charge is 0.0594 e. The molecule has 1 fully saturated rings. The second kappa shape index (κ2) is 7.65. The van der Waals surface area contributed by atoms with Gasteiger partial charge < -0.3 is 5.11 Å². The van der Waals surface area contributed by atoms with Crippen LogP contribution in [0.4, 0.5) is 0 Å². The Morgan fingerprint density at radius 2 is 1.83 bits per heavy atom. The van der Waals surface area contributed by atoms with Crippen molar-refractivity contribution in [3.8, 4) is 0 Å². The Morgan fingerprint density at radius 1 is 1.10 bits per heavy atom. The second-order valence-electron chi connectivity index (χ2n) is 12.6. The highest BCUT2D eigenvalue weighted by Gasteiger charge is 2.57. The van der Waals surface area contributed by atoms with E-state index in [2.05, 4.69) is 60.6 Å². The third-order valence-electron chi connectivity index (χ3n) is 10.3. The van der Waals surface area contributed by atoms with Gasteiger partial charge in [-0.15, -0.1) is 0 Å². The molecule has 0 saturated heterocycles. The lowest BCUT2D eigenvalue weighted by molar-refractivity contribution is -0.0905. The van der Waals surface area contributed by atoms with Crippen molar-refractivity contribution >= 4 is 0 Å². The maximum Gasteiger partial charge on any atom is 0.0594 e. The van der Waals surface area contributed by atoms with Gasteiger partial charge in [-0.05, 0) is 117 Å². The van der Waals surface area contributed by atoms with Gasteiger partial charge in [-0.2, -0.15) is 0 Å². The Labute approximate surface area is 186 Å². The molecule has 0 bridgehead atoms. The first-order chi connectivity index (χ1) is 14.0. The molecular weight excluding hydrogens is 364 g/mol. The van der Waals surface area contributed by atoms with Crippen LogP contribution in [0, 0.1) is 34.0 Å². The van der Waals surface area contributed by atoms with Crippen molar-refractivity contribution in [3.05, 3.63) is 34.4 Å². The van der Waals surface area contributed by atoms with Crippen molar-refractivity contribution in [2.24, 2.45) is 34.0 Å². The van der Waals surface area contributed by atoms with Crippen molar-refractivity contribution in [3.63, 3.8) is 0 Å². The Kier molecular flexibility index (Phi) is 5.70. The van der Waals surface area contributed by atoms with E-state index in [1.54, 1.807) is 16.7 Å². The van der Waals surface area contributed by atoms with Gasteiger partial charge >= 0.3 is 0 Å². The summed E-state index contributed by atoms with van der Waals surface area (Å²) in [6.07, 6.45) is 16.0. The number of allylic oxidation sites excluding steroid dienone is 6. The molecule has 1 N–H and O–H groups in total. The Morgan fingerprint density at radius 3 is 2.53 bits per heavy atom. The van der Waals surface area contributed by atoms with Crippen molar-refractivity contribution in [1.82, 2.24) is 0 Å². The molecular formula is C29H46O. The molecule has 1 nitrogen and oxygen atoms in total. The fourth-order valence-electron chi connectivity index (χ4n) is 8.41. The lowest BCUT2D eigenvalue weighted by Gasteiger charge is -2.59. The van der Waals surface area contributed by atoms with E-state index in [-0.39, 0.29) is 11.5 Å². The van der Waals surface area contributed by atoms with E-state index in [1.165, 1.54) is 56.9 Å². The molecule has 168 valence electrons. The Bertz CT molecular complexity index is 776. The molecule has 1 saturated carbocycles. The molecule has 0 aromatic rings. The average Bonchev–Trinajstić information content (AvgIpc) is 3.02. The van der Waals surface area contributed by atoms with Gasteiger partial charge in [0.1, 0.15) is 0 Å². The van der Waals surface area contributed by atoms with Crippen molar-refractivity contribution in [2.75, 3.05) is 0 Å². The maximum atomic E-state index is 10.7. The van der Waals surface area contributed by atoms with Gasteiger partial charge in [0, 0.05) is 0 Å². The van der Waals surface area contributed by atoms with E-state index in [0.29, 0.717) is 16.7 Å². The molecule has 1 unspecified atom stereocenters. The second-order valence-corrected chi connectivity index (χ2v) is 12.6. The van der Waals surface area contributed by atoms with Crippen molar-refractivity contribution in [2.45, 2.75) is 112 Å². The molecule has 0 radical (unpaired) electrons. The van der Waals surface area contributed by atoms with Crippen LogP contribution in [0.25, 0.3) is 0 Å². The molecule has 0 heterocycles. The summed E-state index contributed by atoms with van der Waals surface area (Å²) in [7, 11) is 0. The number of aliphatic hydroxyl groups is 1. The van der Waals surface area contributed by atoms with Crippen molar-refractivity contribution < 1.29 is 5.11 Å². The predicted octanol–water partition coefficient (Wildman–Crippen LogP) is 8.01. The summed E-state index contributed by atoms with van der Waals surface area (Å²) in [5.41, 5.74) is 7.47. The first kappa shape index (κ1) is 22.4.